The lowest BCUT2D eigenvalue weighted by molar-refractivity contribution is -0.146. The fourth-order valence-electron chi connectivity index (χ4n) is 1.62. The van der Waals surface area contributed by atoms with Crippen LogP contribution < -0.4 is 5.32 Å². The van der Waals surface area contributed by atoms with E-state index in [4.69, 9.17) is 11.2 Å². The monoisotopic (exact) mass is 285 g/mol. The Kier molecular flexibility index (Phi) is 5.59. The van der Waals surface area contributed by atoms with Gasteiger partial charge in [0.2, 0.25) is 0 Å². The number of halogens is 3. The number of terminal acetylenes is 1. The van der Waals surface area contributed by atoms with Gasteiger partial charge in [0.1, 0.15) is 6.04 Å². The van der Waals surface area contributed by atoms with Crippen molar-refractivity contribution in [1.29, 1.82) is 0 Å². The molecular weight excluding hydrogens is 271 g/mol. The van der Waals surface area contributed by atoms with Gasteiger partial charge in [-0.1, -0.05) is 18.1 Å². The van der Waals surface area contributed by atoms with Crippen molar-refractivity contribution in [3.05, 3.63) is 35.4 Å². The zero-order valence-electron chi connectivity index (χ0n) is 10.8. The van der Waals surface area contributed by atoms with Gasteiger partial charge in [-0.25, -0.2) is 4.79 Å². The van der Waals surface area contributed by atoms with Crippen LogP contribution in [0.1, 0.15) is 24.1 Å². The van der Waals surface area contributed by atoms with Crippen LogP contribution in [0.5, 0.6) is 0 Å². The maximum Gasteiger partial charge on any atom is 0.416 e. The first-order valence-electron chi connectivity index (χ1n) is 5.90. The number of ether oxygens (including phenoxy) is 1. The second-order valence-electron chi connectivity index (χ2n) is 3.89. The van der Waals surface area contributed by atoms with Gasteiger partial charge in [0, 0.05) is 0 Å². The molecule has 0 heterocycles. The molecule has 0 fully saturated rings. The van der Waals surface area contributed by atoms with Crippen molar-refractivity contribution in [1.82, 2.24) is 5.32 Å². The summed E-state index contributed by atoms with van der Waals surface area (Å²) in [5, 5.41) is 2.67. The molecule has 0 spiro atoms. The lowest BCUT2D eigenvalue weighted by atomic mass is 10.0. The molecule has 1 N–H and O–H groups in total. The summed E-state index contributed by atoms with van der Waals surface area (Å²) < 4.78 is 42.8. The van der Waals surface area contributed by atoms with Crippen LogP contribution in [0.25, 0.3) is 0 Å². The van der Waals surface area contributed by atoms with Gasteiger partial charge in [-0.2, -0.15) is 13.2 Å². The Hall–Kier alpha value is -2.00. The number of nitrogens with one attached hydrogen (secondary N) is 1. The number of alkyl halides is 3. The average Bonchev–Trinajstić information content (AvgIpc) is 2.39. The number of esters is 1. The predicted octanol–water partition coefficient (Wildman–Crippen LogP) is 2.53. The van der Waals surface area contributed by atoms with Crippen molar-refractivity contribution < 1.29 is 22.7 Å². The molecule has 0 saturated carbocycles. The summed E-state index contributed by atoms with van der Waals surface area (Å²) in [6.07, 6.45) is 0.613. The molecule has 0 aliphatic heterocycles. The summed E-state index contributed by atoms with van der Waals surface area (Å²) in [6, 6.07) is 3.48. The molecule has 0 aliphatic carbocycles. The number of benzene rings is 1. The van der Waals surface area contributed by atoms with Gasteiger partial charge in [-0.15, -0.1) is 6.42 Å². The van der Waals surface area contributed by atoms with Gasteiger partial charge >= 0.3 is 12.1 Å². The van der Waals surface area contributed by atoms with Crippen LogP contribution in [0.4, 0.5) is 13.2 Å². The number of hydrogen-bond acceptors (Lipinski definition) is 3. The number of rotatable bonds is 5. The van der Waals surface area contributed by atoms with Crippen molar-refractivity contribution in [2.24, 2.45) is 0 Å². The first-order valence-corrected chi connectivity index (χ1v) is 5.90. The first kappa shape index (κ1) is 16.1. The van der Waals surface area contributed by atoms with Crippen LogP contribution in [0.3, 0.4) is 0 Å². The van der Waals surface area contributed by atoms with Crippen molar-refractivity contribution in [2.45, 2.75) is 19.1 Å². The molecule has 0 saturated heterocycles. The minimum Gasteiger partial charge on any atom is -0.465 e. The quantitative estimate of drug-likeness (QED) is 0.667. The lowest BCUT2D eigenvalue weighted by Gasteiger charge is -2.17. The van der Waals surface area contributed by atoms with Crippen LogP contribution in [0.2, 0.25) is 0 Å². The Balaban J connectivity index is 3.07. The van der Waals surface area contributed by atoms with Crippen LogP contribution in [0, 0.1) is 12.3 Å². The van der Waals surface area contributed by atoms with Gasteiger partial charge in [0.25, 0.3) is 0 Å². The van der Waals surface area contributed by atoms with Crippen molar-refractivity contribution in [2.75, 3.05) is 13.2 Å². The molecule has 0 aromatic heterocycles. The van der Waals surface area contributed by atoms with E-state index in [1.807, 2.05) is 0 Å². The molecule has 0 amide bonds. The van der Waals surface area contributed by atoms with E-state index in [1.165, 1.54) is 12.1 Å². The smallest absolute Gasteiger partial charge is 0.416 e. The Morgan fingerprint density at radius 1 is 1.50 bits per heavy atom. The predicted molar refractivity (Wildman–Crippen MR) is 67.7 cm³/mol. The minimum absolute atomic E-state index is 0.0414. The third-order valence-electron chi connectivity index (χ3n) is 2.48. The number of hydrogen-bond donors (Lipinski definition) is 1. The summed E-state index contributed by atoms with van der Waals surface area (Å²) in [5.74, 6) is 1.60. The molecule has 1 unspecified atom stereocenters. The van der Waals surface area contributed by atoms with Gasteiger partial charge < -0.3 is 4.74 Å². The highest BCUT2D eigenvalue weighted by Gasteiger charge is 2.32. The highest BCUT2D eigenvalue weighted by Crippen LogP contribution is 2.30. The van der Waals surface area contributed by atoms with Gasteiger partial charge in [-0.05, 0) is 24.6 Å². The van der Waals surface area contributed by atoms with Gasteiger partial charge in [0.15, 0.2) is 0 Å². The summed E-state index contributed by atoms with van der Waals surface area (Å²) in [5.41, 5.74) is -0.666. The molecule has 108 valence electrons. The van der Waals surface area contributed by atoms with E-state index in [0.29, 0.717) is 0 Å². The normalized spacial score (nSPS) is 12.6. The number of carbonyl (C=O) groups is 1. The van der Waals surface area contributed by atoms with Crippen LogP contribution in [0.15, 0.2) is 24.3 Å². The molecule has 0 aliphatic rings. The fourth-order valence-corrected chi connectivity index (χ4v) is 1.62. The van der Waals surface area contributed by atoms with Crippen LogP contribution in [-0.4, -0.2) is 19.1 Å². The van der Waals surface area contributed by atoms with E-state index < -0.39 is 23.8 Å². The molecule has 1 atom stereocenters. The summed E-state index contributed by atoms with van der Waals surface area (Å²) in [6.45, 7) is 1.79. The second kappa shape index (κ2) is 6.96. The largest absolute Gasteiger partial charge is 0.465 e. The highest BCUT2D eigenvalue weighted by molar-refractivity contribution is 5.77. The van der Waals surface area contributed by atoms with E-state index in [1.54, 1.807) is 6.92 Å². The Morgan fingerprint density at radius 3 is 2.75 bits per heavy atom. The van der Waals surface area contributed by atoms with Crippen LogP contribution >= 0.6 is 0 Å². The Morgan fingerprint density at radius 2 is 2.20 bits per heavy atom. The van der Waals surface area contributed by atoms with E-state index in [9.17, 15) is 18.0 Å². The Bertz CT molecular complexity index is 506. The average molecular weight is 285 g/mol. The molecule has 20 heavy (non-hydrogen) atoms. The van der Waals surface area contributed by atoms with Gasteiger partial charge in [-0.3, -0.25) is 5.32 Å². The maximum atomic E-state index is 12.7. The van der Waals surface area contributed by atoms with E-state index in [2.05, 4.69) is 11.2 Å². The maximum absolute atomic E-state index is 12.7. The molecule has 3 nitrogen and oxygen atoms in total. The summed E-state index contributed by atoms with van der Waals surface area (Å²) in [4.78, 5) is 11.8. The van der Waals surface area contributed by atoms with Crippen molar-refractivity contribution in [3.63, 3.8) is 0 Å². The van der Waals surface area contributed by atoms with Crippen molar-refractivity contribution >= 4 is 5.97 Å². The Labute approximate surface area is 115 Å². The van der Waals surface area contributed by atoms with E-state index in [-0.39, 0.29) is 18.7 Å². The third kappa shape index (κ3) is 4.28. The van der Waals surface area contributed by atoms with E-state index in [0.717, 1.165) is 12.1 Å². The molecule has 1 aromatic rings. The minimum atomic E-state index is -4.47. The zero-order chi connectivity index (χ0) is 15.2. The number of carbonyl (C=O) groups excluding carboxylic acids is 1. The molecule has 1 aromatic carbocycles. The SMILES string of the molecule is C#CCNC(C(=O)OCC)c1cccc(C(F)(F)F)c1. The highest BCUT2D eigenvalue weighted by atomic mass is 19.4. The molecule has 1 rings (SSSR count). The molecule has 6 heteroatoms. The first-order chi connectivity index (χ1) is 9.40. The van der Waals surface area contributed by atoms with Gasteiger partial charge in [0.05, 0.1) is 18.7 Å². The summed E-state index contributed by atoms with van der Waals surface area (Å²) in [7, 11) is 0. The molecule has 0 radical (unpaired) electrons. The third-order valence-corrected chi connectivity index (χ3v) is 2.48. The fraction of sp³-hybridized carbons (Fsp3) is 0.357. The molecular formula is C14H14F3NO2. The lowest BCUT2D eigenvalue weighted by Crippen LogP contribution is -2.30. The second-order valence-corrected chi connectivity index (χ2v) is 3.89. The van der Waals surface area contributed by atoms with E-state index >= 15 is 0 Å². The molecule has 0 bridgehead atoms. The van der Waals surface area contributed by atoms with Crippen molar-refractivity contribution in [3.8, 4) is 12.3 Å². The summed E-state index contributed by atoms with van der Waals surface area (Å²) >= 11 is 0. The topological polar surface area (TPSA) is 38.3 Å². The van der Waals surface area contributed by atoms with Crippen LogP contribution in [-0.2, 0) is 15.7 Å². The standard InChI is InChI=1S/C14H14F3NO2/c1-3-8-18-12(13(19)20-4-2)10-6-5-7-11(9-10)14(15,16)17/h1,5-7,9,12,18H,4,8H2,2H3. The zero-order valence-corrected chi connectivity index (χ0v) is 10.8.